The van der Waals surface area contributed by atoms with Gasteiger partial charge in [-0.2, -0.15) is 0 Å². The largest absolute Gasteiger partial charge is 0.295 e. The van der Waals surface area contributed by atoms with E-state index in [1.165, 1.54) is 18.4 Å². The molecule has 1 aromatic rings. The normalized spacial score (nSPS) is 15.8. The van der Waals surface area contributed by atoms with Crippen LogP contribution in [0.1, 0.15) is 18.4 Å². The summed E-state index contributed by atoms with van der Waals surface area (Å²) in [5.41, 5.74) is 1.20. The predicted octanol–water partition coefficient (Wildman–Crippen LogP) is 4.20. The van der Waals surface area contributed by atoms with Gasteiger partial charge in [-0.05, 0) is 30.5 Å². The Morgan fingerprint density at radius 3 is 2.50 bits per heavy atom. The Bertz CT molecular complexity index is 363. The van der Waals surface area contributed by atoms with Crippen molar-refractivity contribution < 1.29 is 0 Å². The van der Waals surface area contributed by atoms with E-state index >= 15 is 0 Å². The molecule has 0 aromatic heterocycles. The third kappa shape index (κ3) is 3.27. The molecule has 2 rings (SSSR count). The van der Waals surface area contributed by atoms with Crippen LogP contribution in [0.15, 0.2) is 18.2 Å². The second-order valence-corrected chi connectivity index (χ2v) is 5.33. The average molecular weight is 279 g/mol. The Kier molecular flexibility index (Phi) is 4.37. The van der Waals surface area contributed by atoms with E-state index in [0.29, 0.717) is 22.0 Å². The summed E-state index contributed by atoms with van der Waals surface area (Å²) in [5, 5.41) is 1.24. The number of hydrogen-bond acceptors (Lipinski definition) is 1. The van der Waals surface area contributed by atoms with Crippen molar-refractivity contribution in [1.82, 2.24) is 4.90 Å². The van der Waals surface area contributed by atoms with Gasteiger partial charge in [0, 0.05) is 25.0 Å². The lowest BCUT2D eigenvalue weighted by atomic mass is 10.2. The van der Waals surface area contributed by atoms with Gasteiger partial charge in [0.1, 0.15) is 0 Å². The van der Waals surface area contributed by atoms with E-state index in [1.807, 2.05) is 18.2 Å². The third-order valence-corrected chi connectivity index (χ3v) is 3.71. The van der Waals surface area contributed by atoms with Gasteiger partial charge in [-0.15, -0.1) is 11.6 Å². The lowest BCUT2D eigenvalue weighted by molar-refractivity contribution is 0.271. The minimum absolute atomic E-state index is 0.612. The Balaban J connectivity index is 2.03. The summed E-state index contributed by atoms with van der Waals surface area (Å²) < 4.78 is 0. The molecule has 16 heavy (non-hydrogen) atoms. The molecule has 0 radical (unpaired) electrons. The van der Waals surface area contributed by atoms with Crippen LogP contribution in [-0.4, -0.2) is 23.4 Å². The van der Waals surface area contributed by atoms with Gasteiger partial charge in [0.15, 0.2) is 0 Å². The van der Waals surface area contributed by atoms with Gasteiger partial charge in [0.25, 0.3) is 0 Å². The van der Waals surface area contributed by atoms with Gasteiger partial charge < -0.3 is 0 Å². The lowest BCUT2D eigenvalue weighted by Crippen LogP contribution is -2.27. The van der Waals surface area contributed by atoms with E-state index in [9.17, 15) is 0 Å². The maximum atomic E-state index is 5.99. The quantitative estimate of drug-likeness (QED) is 0.730. The standard InChI is InChI=1S/C12H14Cl3N/c13-5-6-16(10-2-3-10)8-9-1-4-11(14)12(15)7-9/h1,4,7,10H,2-3,5-6,8H2. The maximum absolute atomic E-state index is 5.99. The van der Waals surface area contributed by atoms with E-state index < -0.39 is 0 Å². The highest BCUT2D eigenvalue weighted by atomic mass is 35.5. The molecule has 1 saturated carbocycles. The summed E-state index contributed by atoms with van der Waals surface area (Å²) >= 11 is 17.7. The highest BCUT2D eigenvalue weighted by Crippen LogP contribution is 2.29. The van der Waals surface area contributed by atoms with Crippen LogP contribution in [0.5, 0.6) is 0 Å². The van der Waals surface area contributed by atoms with Crippen molar-refractivity contribution in [1.29, 1.82) is 0 Å². The van der Waals surface area contributed by atoms with Crippen molar-refractivity contribution in [3.63, 3.8) is 0 Å². The zero-order chi connectivity index (χ0) is 11.5. The van der Waals surface area contributed by atoms with Crippen molar-refractivity contribution in [3.8, 4) is 0 Å². The summed E-state index contributed by atoms with van der Waals surface area (Å²) in [7, 11) is 0. The zero-order valence-electron chi connectivity index (χ0n) is 8.93. The fraction of sp³-hybridized carbons (Fsp3) is 0.500. The zero-order valence-corrected chi connectivity index (χ0v) is 11.2. The van der Waals surface area contributed by atoms with Gasteiger partial charge in [-0.25, -0.2) is 0 Å². The second-order valence-electron chi connectivity index (χ2n) is 4.14. The van der Waals surface area contributed by atoms with Crippen LogP contribution in [0.25, 0.3) is 0 Å². The average Bonchev–Trinajstić information content (AvgIpc) is 3.06. The molecule has 0 bridgehead atoms. The van der Waals surface area contributed by atoms with Crippen LogP contribution in [0, 0.1) is 0 Å². The van der Waals surface area contributed by atoms with E-state index in [1.54, 1.807) is 0 Å². The first-order valence-electron chi connectivity index (χ1n) is 5.44. The lowest BCUT2D eigenvalue weighted by Gasteiger charge is -2.20. The van der Waals surface area contributed by atoms with Crippen LogP contribution in [0.3, 0.4) is 0 Å². The molecule has 0 aliphatic heterocycles. The van der Waals surface area contributed by atoms with E-state index in [4.69, 9.17) is 34.8 Å². The molecule has 1 nitrogen and oxygen atoms in total. The van der Waals surface area contributed by atoms with Crippen molar-refractivity contribution in [2.75, 3.05) is 12.4 Å². The molecule has 88 valence electrons. The summed E-state index contributed by atoms with van der Waals surface area (Å²) in [6.07, 6.45) is 2.58. The Hall–Kier alpha value is 0.0500. The molecule has 4 heteroatoms. The summed E-state index contributed by atoms with van der Waals surface area (Å²) in [6.45, 7) is 1.85. The molecular formula is C12H14Cl3N. The van der Waals surface area contributed by atoms with Crippen LogP contribution in [0.4, 0.5) is 0 Å². The molecule has 0 spiro atoms. The van der Waals surface area contributed by atoms with Gasteiger partial charge in [-0.3, -0.25) is 4.90 Å². The van der Waals surface area contributed by atoms with Crippen LogP contribution >= 0.6 is 34.8 Å². The molecule has 0 saturated heterocycles. The molecule has 0 heterocycles. The Morgan fingerprint density at radius 2 is 1.94 bits per heavy atom. The summed E-state index contributed by atoms with van der Waals surface area (Å²) in [6, 6.07) is 6.53. The molecule has 1 aliphatic rings. The van der Waals surface area contributed by atoms with E-state index in [-0.39, 0.29) is 0 Å². The monoisotopic (exact) mass is 277 g/mol. The Morgan fingerprint density at radius 1 is 1.19 bits per heavy atom. The molecule has 1 aromatic carbocycles. The van der Waals surface area contributed by atoms with Crippen LogP contribution < -0.4 is 0 Å². The SMILES string of the molecule is ClCCN(Cc1ccc(Cl)c(Cl)c1)C1CC1. The molecule has 1 fully saturated rings. The van der Waals surface area contributed by atoms with E-state index in [0.717, 1.165) is 13.1 Å². The summed E-state index contributed by atoms with van der Waals surface area (Å²) in [4.78, 5) is 2.41. The number of hydrogen-bond donors (Lipinski definition) is 0. The third-order valence-electron chi connectivity index (χ3n) is 2.80. The summed E-state index contributed by atoms with van der Waals surface area (Å²) in [5.74, 6) is 0.678. The van der Waals surface area contributed by atoms with Gasteiger partial charge in [0.2, 0.25) is 0 Å². The van der Waals surface area contributed by atoms with Gasteiger partial charge in [0.05, 0.1) is 10.0 Å². The van der Waals surface area contributed by atoms with Crippen molar-refractivity contribution >= 4 is 34.8 Å². The molecule has 0 atom stereocenters. The van der Waals surface area contributed by atoms with Crippen LogP contribution in [0.2, 0.25) is 10.0 Å². The number of alkyl halides is 1. The van der Waals surface area contributed by atoms with Crippen molar-refractivity contribution in [2.45, 2.75) is 25.4 Å². The highest BCUT2D eigenvalue weighted by Gasteiger charge is 2.28. The molecule has 0 unspecified atom stereocenters. The minimum Gasteiger partial charge on any atom is -0.295 e. The fourth-order valence-electron chi connectivity index (χ4n) is 1.81. The fourth-order valence-corrected chi connectivity index (χ4v) is 2.35. The first-order chi connectivity index (χ1) is 7.70. The predicted molar refractivity (Wildman–Crippen MR) is 70.6 cm³/mol. The molecule has 0 N–H and O–H groups in total. The number of nitrogens with zero attached hydrogens (tertiary/aromatic N) is 1. The molecule has 0 amide bonds. The van der Waals surface area contributed by atoms with Gasteiger partial charge >= 0.3 is 0 Å². The topological polar surface area (TPSA) is 3.24 Å². The van der Waals surface area contributed by atoms with Crippen molar-refractivity contribution in [2.24, 2.45) is 0 Å². The Labute approximate surface area is 111 Å². The van der Waals surface area contributed by atoms with Crippen LogP contribution in [-0.2, 0) is 6.54 Å². The highest BCUT2D eigenvalue weighted by molar-refractivity contribution is 6.42. The smallest absolute Gasteiger partial charge is 0.0595 e. The first kappa shape index (κ1) is 12.5. The number of halogens is 3. The maximum Gasteiger partial charge on any atom is 0.0595 e. The molecular weight excluding hydrogens is 264 g/mol. The van der Waals surface area contributed by atoms with Crippen molar-refractivity contribution in [3.05, 3.63) is 33.8 Å². The minimum atomic E-state index is 0.612. The molecule has 1 aliphatic carbocycles. The van der Waals surface area contributed by atoms with E-state index in [2.05, 4.69) is 4.90 Å². The first-order valence-corrected chi connectivity index (χ1v) is 6.73. The number of rotatable bonds is 5. The van der Waals surface area contributed by atoms with Gasteiger partial charge in [-0.1, -0.05) is 29.3 Å². The number of benzene rings is 1. The second kappa shape index (κ2) is 5.59.